The van der Waals surface area contributed by atoms with Crippen molar-refractivity contribution < 1.29 is 0 Å². The monoisotopic (exact) mass is 311 g/mol. The van der Waals surface area contributed by atoms with Crippen molar-refractivity contribution in [3.63, 3.8) is 0 Å². The Morgan fingerprint density at radius 1 is 1.35 bits per heavy atom. The summed E-state index contributed by atoms with van der Waals surface area (Å²) in [4.78, 5) is 7.93. The van der Waals surface area contributed by atoms with E-state index in [1.54, 1.807) is 12.3 Å². The van der Waals surface area contributed by atoms with Crippen LogP contribution >= 0.6 is 27.5 Å². The zero-order chi connectivity index (χ0) is 12.3. The first-order valence-electron chi connectivity index (χ1n) is 5.16. The van der Waals surface area contributed by atoms with Crippen LogP contribution < -0.4 is 5.32 Å². The Balaban J connectivity index is 2.14. The van der Waals surface area contributed by atoms with Crippen molar-refractivity contribution in [1.29, 1.82) is 0 Å². The fraction of sp³-hybridized carbons (Fsp3) is 0.167. The van der Waals surface area contributed by atoms with Gasteiger partial charge in [-0.3, -0.25) is 0 Å². The van der Waals surface area contributed by atoms with Crippen LogP contribution in [-0.4, -0.2) is 9.97 Å². The zero-order valence-corrected chi connectivity index (χ0v) is 11.5. The van der Waals surface area contributed by atoms with Gasteiger partial charge in [-0.2, -0.15) is 0 Å². The van der Waals surface area contributed by atoms with Crippen LogP contribution in [0.2, 0.25) is 5.28 Å². The van der Waals surface area contributed by atoms with Gasteiger partial charge in [0.15, 0.2) is 0 Å². The number of benzene rings is 1. The minimum atomic E-state index is 0.151. The van der Waals surface area contributed by atoms with E-state index in [0.717, 1.165) is 10.3 Å². The summed E-state index contributed by atoms with van der Waals surface area (Å²) in [6, 6.07) is 10.1. The average molecular weight is 313 g/mol. The normalized spacial score (nSPS) is 12.2. The largest absolute Gasteiger partial charge is 0.363 e. The van der Waals surface area contributed by atoms with Gasteiger partial charge in [0.2, 0.25) is 5.28 Å². The molecule has 0 amide bonds. The van der Waals surface area contributed by atoms with E-state index in [0.29, 0.717) is 0 Å². The Kier molecular flexibility index (Phi) is 3.97. The summed E-state index contributed by atoms with van der Waals surface area (Å²) in [5, 5.41) is 3.52. The smallest absolute Gasteiger partial charge is 0.224 e. The first-order chi connectivity index (χ1) is 8.15. The predicted molar refractivity (Wildman–Crippen MR) is 73.2 cm³/mol. The quantitative estimate of drug-likeness (QED) is 0.868. The SMILES string of the molecule is CC(Nc1ccnc(Cl)n1)c1cccc(Br)c1. The molecule has 3 nitrogen and oxygen atoms in total. The molecule has 1 aromatic heterocycles. The molecule has 5 heteroatoms. The van der Waals surface area contributed by atoms with Gasteiger partial charge in [-0.15, -0.1) is 0 Å². The summed E-state index contributed by atoms with van der Waals surface area (Å²) in [6.45, 7) is 2.07. The molecule has 0 spiro atoms. The Bertz CT molecular complexity index is 519. The topological polar surface area (TPSA) is 37.8 Å². The number of hydrogen-bond donors (Lipinski definition) is 1. The van der Waals surface area contributed by atoms with Crippen molar-refractivity contribution in [3.05, 3.63) is 51.8 Å². The summed E-state index contributed by atoms with van der Waals surface area (Å²) in [5.41, 5.74) is 1.18. The number of nitrogens with zero attached hydrogens (tertiary/aromatic N) is 2. The standard InChI is InChI=1S/C12H11BrClN3/c1-8(9-3-2-4-10(13)7-9)16-11-5-6-15-12(14)17-11/h2-8H,1H3,(H,15,16,17). The highest BCUT2D eigenvalue weighted by atomic mass is 79.9. The van der Waals surface area contributed by atoms with E-state index in [1.807, 2.05) is 12.1 Å². The van der Waals surface area contributed by atoms with Crippen molar-refractivity contribution in [3.8, 4) is 0 Å². The van der Waals surface area contributed by atoms with E-state index in [9.17, 15) is 0 Å². The molecule has 0 fully saturated rings. The summed E-state index contributed by atoms with van der Waals surface area (Å²) in [7, 11) is 0. The molecular weight excluding hydrogens is 302 g/mol. The first-order valence-corrected chi connectivity index (χ1v) is 6.33. The Morgan fingerprint density at radius 3 is 2.88 bits per heavy atom. The minimum Gasteiger partial charge on any atom is -0.363 e. The third-order valence-corrected chi connectivity index (χ3v) is 3.01. The van der Waals surface area contributed by atoms with Gasteiger partial charge in [0.05, 0.1) is 0 Å². The van der Waals surface area contributed by atoms with Crippen LogP contribution in [0, 0.1) is 0 Å². The highest BCUT2D eigenvalue weighted by molar-refractivity contribution is 9.10. The summed E-state index contributed by atoms with van der Waals surface area (Å²) in [5.74, 6) is 0.720. The summed E-state index contributed by atoms with van der Waals surface area (Å²) in [6.07, 6.45) is 1.63. The van der Waals surface area contributed by atoms with Crippen LogP contribution in [0.15, 0.2) is 41.0 Å². The molecule has 0 saturated heterocycles. The molecule has 0 aliphatic rings. The van der Waals surface area contributed by atoms with E-state index >= 15 is 0 Å². The van der Waals surface area contributed by atoms with E-state index in [1.165, 1.54) is 5.56 Å². The highest BCUT2D eigenvalue weighted by Crippen LogP contribution is 2.21. The van der Waals surface area contributed by atoms with Gasteiger partial charge in [0.25, 0.3) is 0 Å². The molecule has 17 heavy (non-hydrogen) atoms. The average Bonchev–Trinajstić information content (AvgIpc) is 2.29. The maximum Gasteiger partial charge on any atom is 0.224 e. The van der Waals surface area contributed by atoms with Crippen molar-refractivity contribution in [2.75, 3.05) is 5.32 Å². The number of nitrogens with one attached hydrogen (secondary N) is 1. The molecular formula is C12H11BrClN3. The predicted octanol–water partition coefficient (Wildman–Crippen LogP) is 4.07. The van der Waals surface area contributed by atoms with E-state index in [-0.39, 0.29) is 11.3 Å². The van der Waals surface area contributed by atoms with Crippen molar-refractivity contribution in [2.45, 2.75) is 13.0 Å². The third kappa shape index (κ3) is 3.41. The Hall–Kier alpha value is -1.13. The van der Waals surface area contributed by atoms with Gasteiger partial charge in [-0.05, 0) is 42.3 Å². The molecule has 1 heterocycles. The zero-order valence-electron chi connectivity index (χ0n) is 9.19. The lowest BCUT2D eigenvalue weighted by molar-refractivity contribution is 0.871. The molecule has 0 saturated carbocycles. The maximum atomic E-state index is 5.73. The number of anilines is 1. The van der Waals surface area contributed by atoms with E-state index in [4.69, 9.17) is 11.6 Å². The van der Waals surface area contributed by atoms with Crippen molar-refractivity contribution >= 4 is 33.3 Å². The summed E-state index contributed by atoms with van der Waals surface area (Å²) >= 11 is 9.18. The maximum absolute atomic E-state index is 5.73. The molecule has 0 aliphatic carbocycles. The van der Waals surface area contributed by atoms with Gasteiger partial charge >= 0.3 is 0 Å². The van der Waals surface area contributed by atoms with Gasteiger partial charge in [0, 0.05) is 16.7 Å². The fourth-order valence-corrected chi connectivity index (χ4v) is 2.06. The molecule has 1 N–H and O–H groups in total. The third-order valence-electron chi connectivity index (χ3n) is 2.34. The number of aromatic nitrogens is 2. The molecule has 88 valence electrons. The molecule has 1 unspecified atom stereocenters. The van der Waals surface area contributed by atoms with Crippen molar-refractivity contribution in [1.82, 2.24) is 9.97 Å². The molecule has 2 aromatic rings. The number of halogens is 2. The first kappa shape index (κ1) is 12.3. The molecule has 0 bridgehead atoms. The molecule has 0 aliphatic heterocycles. The highest BCUT2D eigenvalue weighted by Gasteiger charge is 2.06. The van der Waals surface area contributed by atoms with Crippen LogP contribution in [0.1, 0.15) is 18.5 Å². The van der Waals surface area contributed by atoms with E-state index in [2.05, 4.69) is 50.3 Å². The van der Waals surface area contributed by atoms with Crippen LogP contribution in [-0.2, 0) is 0 Å². The molecule has 0 radical (unpaired) electrons. The minimum absolute atomic E-state index is 0.151. The lowest BCUT2D eigenvalue weighted by Gasteiger charge is -2.15. The van der Waals surface area contributed by atoms with Crippen LogP contribution in [0.25, 0.3) is 0 Å². The lowest BCUT2D eigenvalue weighted by Crippen LogP contribution is -2.08. The summed E-state index contributed by atoms with van der Waals surface area (Å²) < 4.78 is 1.06. The molecule has 1 atom stereocenters. The van der Waals surface area contributed by atoms with Gasteiger partial charge in [0.1, 0.15) is 5.82 Å². The van der Waals surface area contributed by atoms with Crippen molar-refractivity contribution in [2.24, 2.45) is 0 Å². The van der Waals surface area contributed by atoms with Crippen LogP contribution in [0.3, 0.4) is 0 Å². The number of rotatable bonds is 3. The van der Waals surface area contributed by atoms with Gasteiger partial charge < -0.3 is 5.32 Å². The van der Waals surface area contributed by atoms with Gasteiger partial charge in [-0.25, -0.2) is 9.97 Å². The Labute approximate surface area is 113 Å². The molecule has 2 rings (SSSR count). The second kappa shape index (κ2) is 5.47. The van der Waals surface area contributed by atoms with E-state index < -0.39 is 0 Å². The second-order valence-corrected chi connectivity index (χ2v) is 4.89. The van der Waals surface area contributed by atoms with Crippen LogP contribution in [0.4, 0.5) is 5.82 Å². The van der Waals surface area contributed by atoms with Gasteiger partial charge in [-0.1, -0.05) is 28.1 Å². The van der Waals surface area contributed by atoms with Crippen LogP contribution in [0.5, 0.6) is 0 Å². The lowest BCUT2D eigenvalue weighted by atomic mass is 10.1. The second-order valence-electron chi connectivity index (χ2n) is 3.63. The number of hydrogen-bond acceptors (Lipinski definition) is 3. The fourth-order valence-electron chi connectivity index (χ4n) is 1.50. The Morgan fingerprint density at radius 2 is 2.18 bits per heavy atom. The molecule has 1 aromatic carbocycles.